The van der Waals surface area contributed by atoms with E-state index in [1.54, 1.807) is 0 Å². The van der Waals surface area contributed by atoms with Crippen molar-refractivity contribution in [1.29, 1.82) is 0 Å². The first-order valence-electron chi connectivity index (χ1n) is 4.23. The maximum absolute atomic E-state index is 11.1. The molecule has 0 radical (unpaired) electrons. The Kier molecular flexibility index (Phi) is 2.82. The third-order valence-corrected chi connectivity index (χ3v) is 2.01. The molecule has 2 rings (SSSR count). The molecule has 0 spiro atoms. The molecule has 2 aromatic heterocycles. The van der Waals surface area contributed by atoms with Crippen molar-refractivity contribution in [3.05, 3.63) is 29.5 Å². The molecule has 0 atom stereocenters. The smallest absolute Gasteiger partial charge is 0.376 e. The summed E-state index contributed by atoms with van der Waals surface area (Å²) in [6.07, 6.45) is 2.96. The third-order valence-electron chi connectivity index (χ3n) is 1.81. The fraction of sp³-hybridized carbons (Fsp3) is 0.111. The second-order valence-corrected chi connectivity index (χ2v) is 3.15. The topological polar surface area (TPSA) is 78.1 Å². The molecule has 0 fully saturated rings. The summed E-state index contributed by atoms with van der Waals surface area (Å²) in [5.41, 5.74) is 1.04. The van der Waals surface area contributed by atoms with Gasteiger partial charge in [0.05, 0.1) is 7.11 Å². The second kappa shape index (κ2) is 4.28. The van der Waals surface area contributed by atoms with Crippen LogP contribution in [0.5, 0.6) is 0 Å². The molecular formula is C9H6ClN3O3. The van der Waals surface area contributed by atoms with E-state index in [1.807, 2.05) is 0 Å². The van der Waals surface area contributed by atoms with Crippen LogP contribution in [0.1, 0.15) is 10.6 Å². The number of halogens is 1. The molecule has 16 heavy (non-hydrogen) atoms. The lowest BCUT2D eigenvalue weighted by atomic mass is 10.2. The maximum atomic E-state index is 11.1. The Balaban J connectivity index is 2.31. The Morgan fingerprint density at radius 1 is 1.44 bits per heavy atom. The first-order valence-corrected chi connectivity index (χ1v) is 4.61. The summed E-state index contributed by atoms with van der Waals surface area (Å²) in [5.74, 6) is -0.568. The lowest BCUT2D eigenvalue weighted by molar-refractivity contribution is 0.0554. The second-order valence-electron chi connectivity index (χ2n) is 2.81. The fourth-order valence-corrected chi connectivity index (χ4v) is 1.15. The number of hydrogen-bond acceptors (Lipinski definition) is 6. The highest BCUT2D eigenvalue weighted by molar-refractivity contribution is 6.28. The van der Waals surface area contributed by atoms with Gasteiger partial charge in [-0.2, -0.15) is 0 Å². The lowest BCUT2D eigenvalue weighted by Crippen LogP contribution is -1.98. The molecule has 2 heterocycles. The minimum absolute atomic E-state index is 0.0208. The summed E-state index contributed by atoms with van der Waals surface area (Å²) in [6, 6.07) is 1.44. The van der Waals surface area contributed by atoms with Gasteiger partial charge in [-0.3, -0.25) is 0 Å². The van der Waals surface area contributed by atoms with Crippen LogP contribution >= 0.6 is 11.6 Å². The van der Waals surface area contributed by atoms with E-state index in [4.69, 9.17) is 16.1 Å². The SMILES string of the molecule is COC(=O)c1cc(-c2cnc(Cl)nc2)no1. The van der Waals surface area contributed by atoms with Gasteiger partial charge in [-0.1, -0.05) is 5.16 Å². The number of carbonyl (C=O) groups excluding carboxylic acids is 1. The predicted molar refractivity (Wildman–Crippen MR) is 53.9 cm³/mol. The minimum atomic E-state index is -0.589. The molecular weight excluding hydrogens is 234 g/mol. The average molecular weight is 240 g/mol. The Morgan fingerprint density at radius 2 is 2.12 bits per heavy atom. The zero-order valence-corrected chi connectivity index (χ0v) is 8.93. The summed E-state index contributed by atoms with van der Waals surface area (Å²) in [7, 11) is 1.26. The Hall–Kier alpha value is -1.95. The Bertz CT molecular complexity index is 509. The van der Waals surface area contributed by atoms with Crippen LogP contribution in [0.2, 0.25) is 5.28 Å². The highest BCUT2D eigenvalue weighted by Gasteiger charge is 2.14. The van der Waals surface area contributed by atoms with Crippen LogP contribution in [0.4, 0.5) is 0 Å². The third kappa shape index (κ3) is 2.01. The number of ether oxygens (including phenoxy) is 1. The molecule has 0 amide bonds. The highest BCUT2D eigenvalue weighted by Crippen LogP contribution is 2.18. The van der Waals surface area contributed by atoms with Gasteiger partial charge in [0, 0.05) is 24.0 Å². The van der Waals surface area contributed by atoms with Gasteiger partial charge in [0.2, 0.25) is 11.0 Å². The minimum Gasteiger partial charge on any atom is -0.463 e. The van der Waals surface area contributed by atoms with Gasteiger partial charge in [0.15, 0.2) is 0 Å². The van der Waals surface area contributed by atoms with Gasteiger partial charge in [-0.05, 0) is 11.6 Å². The van der Waals surface area contributed by atoms with E-state index in [-0.39, 0.29) is 11.0 Å². The fourth-order valence-electron chi connectivity index (χ4n) is 1.05. The van der Waals surface area contributed by atoms with Crippen molar-refractivity contribution in [2.75, 3.05) is 7.11 Å². The molecule has 0 aliphatic rings. The Morgan fingerprint density at radius 3 is 2.75 bits per heavy atom. The van der Waals surface area contributed by atoms with Gasteiger partial charge in [-0.25, -0.2) is 14.8 Å². The quantitative estimate of drug-likeness (QED) is 0.585. The van der Waals surface area contributed by atoms with Crippen LogP contribution < -0.4 is 0 Å². The van der Waals surface area contributed by atoms with Crippen molar-refractivity contribution in [2.24, 2.45) is 0 Å². The molecule has 0 bridgehead atoms. The molecule has 0 aliphatic carbocycles. The molecule has 0 N–H and O–H groups in total. The van der Waals surface area contributed by atoms with E-state index in [0.717, 1.165) is 0 Å². The number of esters is 1. The van der Waals surface area contributed by atoms with Crippen molar-refractivity contribution >= 4 is 17.6 Å². The van der Waals surface area contributed by atoms with E-state index >= 15 is 0 Å². The van der Waals surface area contributed by atoms with Crippen molar-refractivity contribution in [3.63, 3.8) is 0 Å². The normalized spacial score (nSPS) is 10.1. The molecule has 0 unspecified atom stereocenters. The van der Waals surface area contributed by atoms with E-state index in [1.165, 1.54) is 25.6 Å². The van der Waals surface area contributed by atoms with E-state index in [2.05, 4.69) is 19.9 Å². The van der Waals surface area contributed by atoms with Gasteiger partial charge in [0.25, 0.3) is 0 Å². The van der Waals surface area contributed by atoms with Gasteiger partial charge < -0.3 is 9.26 Å². The zero-order chi connectivity index (χ0) is 11.5. The monoisotopic (exact) mass is 239 g/mol. The van der Waals surface area contributed by atoms with Crippen LogP contribution in [-0.4, -0.2) is 28.2 Å². The first kappa shape index (κ1) is 10.6. The van der Waals surface area contributed by atoms with Crippen molar-refractivity contribution in [2.45, 2.75) is 0 Å². The van der Waals surface area contributed by atoms with Gasteiger partial charge in [-0.15, -0.1) is 0 Å². The summed E-state index contributed by atoms with van der Waals surface area (Å²) >= 11 is 5.54. The van der Waals surface area contributed by atoms with Crippen LogP contribution in [0, 0.1) is 0 Å². The molecule has 6 nitrogen and oxygen atoms in total. The van der Waals surface area contributed by atoms with E-state index in [0.29, 0.717) is 11.3 Å². The molecule has 0 saturated carbocycles. The molecule has 7 heteroatoms. The summed E-state index contributed by atoms with van der Waals surface area (Å²) in [6.45, 7) is 0. The van der Waals surface area contributed by atoms with Crippen LogP contribution in [0.15, 0.2) is 23.0 Å². The zero-order valence-electron chi connectivity index (χ0n) is 8.18. The molecule has 0 saturated heterocycles. The van der Waals surface area contributed by atoms with Crippen LogP contribution in [-0.2, 0) is 4.74 Å². The van der Waals surface area contributed by atoms with Gasteiger partial charge in [0.1, 0.15) is 5.69 Å². The summed E-state index contributed by atoms with van der Waals surface area (Å²) < 4.78 is 9.27. The Labute approximate surface area is 95.2 Å². The predicted octanol–water partition coefficient (Wildman–Crippen LogP) is 1.57. The van der Waals surface area contributed by atoms with Crippen molar-refractivity contribution in [1.82, 2.24) is 15.1 Å². The van der Waals surface area contributed by atoms with Crippen LogP contribution in [0.25, 0.3) is 11.3 Å². The summed E-state index contributed by atoms with van der Waals surface area (Å²) in [4.78, 5) is 18.7. The maximum Gasteiger partial charge on any atom is 0.376 e. The number of methoxy groups -OCH3 is 1. The summed E-state index contributed by atoms with van der Waals surface area (Å²) in [5, 5.41) is 3.83. The number of rotatable bonds is 2. The van der Waals surface area contributed by atoms with Crippen LogP contribution in [0.3, 0.4) is 0 Å². The van der Waals surface area contributed by atoms with Gasteiger partial charge >= 0.3 is 5.97 Å². The molecule has 0 aliphatic heterocycles. The number of hydrogen-bond donors (Lipinski definition) is 0. The lowest BCUT2D eigenvalue weighted by Gasteiger charge is -1.92. The average Bonchev–Trinajstić information content (AvgIpc) is 2.78. The molecule has 82 valence electrons. The highest BCUT2D eigenvalue weighted by atomic mass is 35.5. The number of carbonyl (C=O) groups is 1. The first-order chi connectivity index (χ1) is 7.70. The molecule has 0 aromatic carbocycles. The largest absolute Gasteiger partial charge is 0.463 e. The van der Waals surface area contributed by atoms with E-state index in [9.17, 15) is 4.79 Å². The van der Waals surface area contributed by atoms with Crippen molar-refractivity contribution < 1.29 is 14.1 Å². The molecule has 2 aromatic rings. The number of aromatic nitrogens is 3. The standard InChI is InChI=1S/C9H6ClN3O3/c1-15-8(14)7-2-6(13-16-7)5-3-11-9(10)12-4-5/h2-4H,1H3. The number of nitrogens with zero attached hydrogens (tertiary/aromatic N) is 3. The van der Waals surface area contributed by atoms with E-state index < -0.39 is 5.97 Å². The van der Waals surface area contributed by atoms with Crippen molar-refractivity contribution in [3.8, 4) is 11.3 Å².